The highest BCUT2D eigenvalue weighted by Gasteiger charge is 2.42. The average molecular weight is 272 g/mol. The van der Waals surface area contributed by atoms with Crippen LogP contribution in [0.5, 0.6) is 0 Å². The molecule has 3 N–H and O–H groups in total. The topological polar surface area (TPSA) is 55.1 Å². The van der Waals surface area contributed by atoms with E-state index in [1.807, 2.05) is 25.1 Å². The number of anilines is 1. The van der Waals surface area contributed by atoms with E-state index >= 15 is 0 Å². The number of fused-ring (bicyclic) bond motifs is 2. The largest absolute Gasteiger partial charge is 0.398 e. The van der Waals surface area contributed by atoms with Gasteiger partial charge >= 0.3 is 0 Å². The Balaban J connectivity index is 1.68. The molecule has 20 heavy (non-hydrogen) atoms. The molecule has 2 saturated carbocycles. The van der Waals surface area contributed by atoms with Gasteiger partial charge < -0.3 is 11.1 Å². The van der Waals surface area contributed by atoms with Crippen LogP contribution >= 0.6 is 0 Å². The molecule has 0 saturated heterocycles. The van der Waals surface area contributed by atoms with Gasteiger partial charge in [-0.15, -0.1) is 0 Å². The molecule has 2 fully saturated rings. The molecule has 4 atom stereocenters. The molecule has 2 aliphatic rings. The number of carbonyl (C=O) groups is 1. The number of nitrogen functional groups attached to an aromatic ring is 1. The van der Waals surface area contributed by atoms with E-state index in [9.17, 15) is 4.79 Å². The van der Waals surface area contributed by atoms with Gasteiger partial charge in [0.05, 0.1) is 0 Å². The molecule has 3 heteroatoms. The van der Waals surface area contributed by atoms with Crippen molar-refractivity contribution in [2.24, 2.45) is 17.8 Å². The van der Waals surface area contributed by atoms with Gasteiger partial charge in [-0.3, -0.25) is 4.79 Å². The maximum absolute atomic E-state index is 12.4. The zero-order valence-electron chi connectivity index (χ0n) is 12.4. The summed E-state index contributed by atoms with van der Waals surface area (Å²) in [5, 5.41) is 3.20. The van der Waals surface area contributed by atoms with Gasteiger partial charge in [-0.2, -0.15) is 0 Å². The van der Waals surface area contributed by atoms with Crippen molar-refractivity contribution in [1.29, 1.82) is 0 Å². The second-order valence-corrected chi connectivity index (χ2v) is 6.62. The molecule has 1 aromatic carbocycles. The van der Waals surface area contributed by atoms with Gasteiger partial charge in [0.1, 0.15) is 0 Å². The Morgan fingerprint density at radius 3 is 2.80 bits per heavy atom. The third-order valence-corrected chi connectivity index (χ3v) is 5.41. The van der Waals surface area contributed by atoms with Crippen LogP contribution in [0.3, 0.4) is 0 Å². The number of amides is 1. The number of hydrogen-bond acceptors (Lipinski definition) is 2. The second kappa shape index (κ2) is 5.12. The Morgan fingerprint density at radius 2 is 2.15 bits per heavy atom. The maximum atomic E-state index is 12.4. The number of benzene rings is 1. The summed E-state index contributed by atoms with van der Waals surface area (Å²) in [6.45, 7) is 4.07. The molecule has 3 rings (SSSR count). The summed E-state index contributed by atoms with van der Waals surface area (Å²) in [6.07, 6.45) is 5.42. The van der Waals surface area contributed by atoms with Crippen LogP contribution in [0, 0.1) is 24.7 Å². The van der Waals surface area contributed by atoms with E-state index in [1.165, 1.54) is 25.7 Å². The van der Waals surface area contributed by atoms with Crippen LogP contribution in [0.1, 0.15) is 48.5 Å². The van der Waals surface area contributed by atoms with Crippen molar-refractivity contribution in [2.45, 2.75) is 45.6 Å². The first kappa shape index (κ1) is 13.5. The van der Waals surface area contributed by atoms with E-state index in [0.29, 0.717) is 17.2 Å². The lowest BCUT2D eigenvalue weighted by atomic mass is 9.84. The van der Waals surface area contributed by atoms with Crippen LogP contribution in [0.15, 0.2) is 18.2 Å². The van der Waals surface area contributed by atoms with Crippen LogP contribution in [0.2, 0.25) is 0 Å². The normalized spacial score (nSPS) is 29.4. The summed E-state index contributed by atoms with van der Waals surface area (Å²) in [5.41, 5.74) is 8.15. The summed E-state index contributed by atoms with van der Waals surface area (Å²) in [4.78, 5) is 12.4. The molecule has 108 valence electrons. The lowest BCUT2D eigenvalue weighted by Crippen LogP contribution is -2.40. The third-order valence-electron chi connectivity index (χ3n) is 5.41. The number of nitrogens with one attached hydrogen (secondary N) is 1. The van der Waals surface area contributed by atoms with Crippen molar-refractivity contribution >= 4 is 11.6 Å². The predicted molar refractivity (Wildman–Crippen MR) is 81.5 cm³/mol. The molecule has 0 heterocycles. The maximum Gasteiger partial charge on any atom is 0.251 e. The Kier molecular flexibility index (Phi) is 3.45. The van der Waals surface area contributed by atoms with Crippen LogP contribution in [-0.4, -0.2) is 11.9 Å². The molecule has 2 aliphatic carbocycles. The molecular formula is C17H24N2O. The highest BCUT2D eigenvalue weighted by atomic mass is 16.1. The molecular weight excluding hydrogens is 248 g/mol. The number of carbonyl (C=O) groups excluding carboxylic acids is 1. The van der Waals surface area contributed by atoms with Gasteiger partial charge in [0.15, 0.2) is 0 Å². The summed E-state index contributed by atoms with van der Waals surface area (Å²) in [7, 11) is 0. The summed E-state index contributed by atoms with van der Waals surface area (Å²) in [6, 6.07) is 5.80. The quantitative estimate of drug-likeness (QED) is 0.831. The van der Waals surface area contributed by atoms with Crippen LogP contribution in [-0.2, 0) is 0 Å². The third kappa shape index (κ3) is 2.30. The molecule has 4 unspecified atom stereocenters. The fourth-order valence-electron chi connectivity index (χ4n) is 4.20. The number of nitrogens with two attached hydrogens (primary N) is 1. The highest BCUT2D eigenvalue weighted by molar-refractivity contribution is 5.97. The molecule has 2 bridgehead atoms. The van der Waals surface area contributed by atoms with E-state index in [2.05, 4.69) is 12.2 Å². The van der Waals surface area contributed by atoms with E-state index in [-0.39, 0.29) is 11.9 Å². The SMILES string of the molecule is Cc1c(N)cccc1C(=O)NC(C)C1CC2CCC1C2. The average Bonchev–Trinajstić information content (AvgIpc) is 3.04. The Labute approximate surface area is 120 Å². The molecule has 1 amide bonds. The minimum atomic E-state index is 0.0186. The lowest BCUT2D eigenvalue weighted by molar-refractivity contribution is 0.0914. The summed E-state index contributed by atoms with van der Waals surface area (Å²) < 4.78 is 0. The predicted octanol–water partition coefficient (Wildman–Crippen LogP) is 3.13. The van der Waals surface area contributed by atoms with Crippen molar-refractivity contribution in [3.8, 4) is 0 Å². The van der Waals surface area contributed by atoms with Gasteiger partial charge in [-0.05, 0) is 68.6 Å². The zero-order chi connectivity index (χ0) is 14.3. The van der Waals surface area contributed by atoms with Gasteiger partial charge in [0.25, 0.3) is 5.91 Å². The monoisotopic (exact) mass is 272 g/mol. The first-order chi connectivity index (χ1) is 9.56. The van der Waals surface area contributed by atoms with Gasteiger partial charge in [-0.25, -0.2) is 0 Å². The van der Waals surface area contributed by atoms with E-state index in [0.717, 1.165) is 17.4 Å². The fourth-order valence-corrected chi connectivity index (χ4v) is 4.20. The van der Waals surface area contributed by atoms with Crippen LogP contribution in [0.25, 0.3) is 0 Å². The summed E-state index contributed by atoms with van der Waals surface area (Å²) in [5.74, 6) is 2.43. The first-order valence-electron chi connectivity index (χ1n) is 7.72. The molecule has 1 aromatic rings. The Morgan fingerprint density at radius 1 is 1.35 bits per heavy atom. The second-order valence-electron chi connectivity index (χ2n) is 6.62. The minimum Gasteiger partial charge on any atom is -0.398 e. The van der Waals surface area contributed by atoms with Crippen molar-refractivity contribution in [1.82, 2.24) is 5.32 Å². The summed E-state index contributed by atoms with van der Waals surface area (Å²) >= 11 is 0. The highest BCUT2D eigenvalue weighted by Crippen LogP contribution is 2.49. The standard InChI is InChI=1S/C17H24N2O/c1-10-14(4-3-5-16(10)18)17(20)19-11(2)15-9-12-6-7-13(15)8-12/h3-5,11-13,15H,6-9,18H2,1-2H3,(H,19,20). The lowest BCUT2D eigenvalue weighted by Gasteiger charge is -2.28. The van der Waals surface area contributed by atoms with E-state index in [1.54, 1.807) is 0 Å². The zero-order valence-corrected chi connectivity index (χ0v) is 12.4. The van der Waals surface area contributed by atoms with Crippen molar-refractivity contribution in [3.63, 3.8) is 0 Å². The van der Waals surface area contributed by atoms with Gasteiger partial charge in [0, 0.05) is 17.3 Å². The fraction of sp³-hybridized carbons (Fsp3) is 0.588. The van der Waals surface area contributed by atoms with Crippen molar-refractivity contribution < 1.29 is 4.79 Å². The molecule has 0 aliphatic heterocycles. The van der Waals surface area contributed by atoms with E-state index in [4.69, 9.17) is 5.73 Å². The van der Waals surface area contributed by atoms with Crippen molar-refractivity contribution in [2.75, 3.05) is 5.73 Å². The molecule has 3 nitrogen and oxygen atoms in total. The smallest absolute Gasteiger partial charge is 0.251 e. The van der Waals surface area contributed by atoms with Crippen molar-refractivity contribution in [3.05, 3.63) is 29.3 Å². The van der Waals surface area contributed by atoms with Crippen LogP contribution in [0.4, 0.5) is 5.69 Å². The molecule has 0 spiro atoms. The Hall–Kier alpha value is -1.51. The van der Waals surface area contributed by atoms with Gasteiger partial charge in [0.2, 0.25) is 0 Å². The first-order valence-corrected chi connectivity index (χ1v) is 7.72. The van der Waals surface area contributed by atoms with Gasteiger partial charge in [-0.1, -0.05) is 12.5 Å². The minimum absolute atomic E-state index is 0.0186. The number of rotatable bonds is 3. The molecule has 0 aromatic heterocycles. The van der Waals surface area contributed by atoms with Crippen LogP contribution < -0.4 is 11.1 Å². The Bertz CT molecular complexity index is 526. The number of hydrogen-bond donors (Lipinski definition) is 2. The van der Waals surface area contributed by atoms with E-state index < -0.39 is 0 Å². The molecule has 0 radical (unpaired) electrons.